The first-order valence-corrected chi connectivity index (χ1v) is 10.2. The van der Waals surface area contributed by atoms with Crippen LogP contribution >= 0.6 is 0 Å². The molecular weight excluding hydrogens is 410 g/mol. The fourth-order valence-corrected chi connectivity index (χ4v) is 3.72. The van der Waals surface area contributed by atoms with E-state index in [1.54, 1.807) is 30.6 Å². The van der Waals surface area contributed by atoms with Crippen molar-refractivity contribution >= 4 is 17.7 Å². The summed E-state index contributed by atoms with van der Waals surface area (Å²) in [6.07, 6.45) is 2.88. The van der Waals surface area contributed by atoms with Gasteiger partial charge in [0, 0.05) is 18.0 Å². The SMILES string of the molecule is O=C(NC[C@H]1COc2ccccc2O1)c1ccc2c(c1)C(=O)N(Cc1ccncc1)C2=O. The Morgan fingerprint density at radius 2 is 1.75 bits per heavy atom. The van der Waals surface area contributed by atoms with E-state index in [1.807, 2.05) is 24.3 Å². The molecule has 8 heteroatoms. The van der Waals surface area contributed by atoms with Gasteiger partial charge in [0.1, 0.15) is 12.7 Å². The summed E-state index contributed by atoms with van der Waals surface area (Å²) in [5, 5.41) is 2.81. The standard InChI is InChI=1S/C24H19N3O5/c28-22(26-12-17-14-31-20-3-1-2-4-21(20)32-17)16-5-6-18-19(11-16)24(30)27(23(18)29)13-15-7-9-25-10-8-15/h1-11,17H,12-14H2,(H,26,28)/t17-/m0/s1. The molecule has 3 heterocycles. The number of ether oxygens (including phenoxy) is 2. The molecule has 0 radical (unpaired) electrons. The lowest BCUT2D eigenvalue weighted by molar-refractivity contribution is 0.0642. The van der Waals surface area contributed by atoms with Gasteiger partial charge in [-0.3, -0.25) is 24.3 Å². The molecule has 1 aromatic heterocycles. The first-order valence-electron chi connectivity index (χ1n) is 10.2. The lowest BCUT2D eigenvalue weighted by Crippen LogP contribution is -2.40. The molecule has 160 valence electrons. The van der Waals surface area contributed by atoms with Gasteiger partial charge in [-0.15, -0.1) is 0 Å². The van der Waals surface area contributed by atoms with E-state index < -0.39 is 5.91 Å². The Labute approximate surface area is 183 Å². The third-order valence-corrected chi connectivity index (χ3v) is 5.38. The second kappa shape index (κ2) is 8.14. The van der Waals surface area contributed by atoms with Crippen LogP contribution in [0.1, 0.15) is 36.6 Å². The molecule has 1 atom stereocenters. The van der Waals surface area contributed by atoms with Crippen molar-refractivity contribution in [1.29, 1.82) is 0 Å². The number of aromatic nitrogens is 1. The summed E-state index contributed by atoms with van der Waals surface area (Å²) in [7, 11) is 0. The average Bonchev–Trinajstić information content (AvgIpc) is 3.07. The van der Waals surface area contributed by atoms with Gasteiger partial charge in [-0.2, -0.15) is 0 Å². The highest BCUT2D eigenvalue weighted by molar-refractivity contribution is 6.22. The number of para-hydroxylation sites is 2. The molecule has 3 amide bonds. The third kappa shape index (κ3) is 3.66. The normalized spacial score (nSPS) is 16.6. The van der Waals surface area contributed by atoms with E-state index in [1.165, 1.54) is 17.0 Å². The van der Waals surface area contributed by atoms with Gasteiger partial charge in [-0.05, 0) is 48.0 Å². The number of nitrogens with one attached hydrogen (secondary N) is 1. The van der Waals surface area contributed by atoms with Crippen molar-refractivity contribution in [2.45, 2.75) is 12.6 Å². The predicted molar refractivity (Wildman–Crippen MR) is 114 cm³/mol. The van der Waals surface area contributed by atoms with Crippen molar-refractivity contribution in [3.8, 4) is 11.5 Å². The van der Waals surface area contributed by atoms with Crippen molar-refractivity contribution < 1.29 is 23.9 Å². The Bertz CT molecular complexity index is 1210. The van der Waals surface area contributed by atoms with Crippen molar-refractivity contribution in [1.82, 2.24) is 15.2 Å². The molecule has 0 aliphatic carbocycles. The average molecular weight is 429 g/mol. The van der Waals surface area contributed by atoms with Crippen LogP contribution in [0.5, 0.6) is 11.5 Å². The Morgan fingerprint density at radius 1 is 1.00 bits per heavy atom. The minimum atomic E-state index is -0.419. The second-order valence-corrected chi connectivity index (χ2v) is 7.52. The summed E-state index contributed by atoms with van der Waals surface area (Å²) >= 11 is 0. The maximum absolute atomic E-state index is 12.8. The summed E-state index contributed by atoms with van der Waals surface area (Å²) in [6, 6.07) is 15.4. The van der Waals surface area contributed by atoms with Gasteiger partial charge < -0.3 is 14.8 Å². The molecule has 3 aromatic rings. The van der Waals surface area contributed by atoms with E-state index in [0.29, 0.717) is 29.2 Å². The molecule has 0 saturated carbocycles. The fraction of sp³-hybridized carbons (Fsp3) is 0.167. The number of hydrogen-bond donors (Lipinski definition) is 1. The van der Waals surface area contributed by atoms with Crippen LogP contribution in [0.2, 0.25) is 0 Å². The highest BCUT2D eigenvalue weighted by Crippen LogP contribution is 2.30. The number of hydrogen-bond acceptors (Lipinski definition) is 6. The van der Waals surface area contributed by atoms with E-state index in [4.69, 9.17) is 9.47 Å². The summed E-state index contributed by atoms with van der Waals surface area (Å²) in [6.45, 7) is 0.709. The summed E-state index contributed by atoms with van der Waals surface area (Å²) in [5.74, 6) is 0.155. The molecule has 2 aromatic carbocycles. The lowest BCUT2D eigenvalue weighted by atomic mass is 10.1. The molecule has 5 rings (SSSR count). The molecule has 0 bridgehead atoms. The number of carbonyl (C=O) groups excluding carboxylic acids is 3. The maximum Gasteiger partial charge on any atom is 0.261 e. The molecule has 0 spiro atoms. The number of pyridine rings is 1. The quantitative estimate of drug-likeness (QED) is 0.626. The predicted octanol–water partition coefficient (Wildman–Crippen LogP) is 2.45. The van der Waals surface area contributed by atoms with Gasteiger partial charge in [0.05, 0.1) is 24.2 Å². The van der Waals surface area contributed by atoms with Gasteiger partial charge in [0.15, 0.2) is 11.5 Å². The maximum atomic E-state index is 12.8. The number of nitrogens with zero attached hydrogens (tertiary/aromatic N) is 2. The highest BCUT2D eigenvalue weighted by atomic mass is 16.6. The molecule has 1 N–H and O–H groups in total. The molecular formula is C24H19N3O5. The van der Waals surface area contributed by atoms with E-state index in [-0.39, 0.29) is 36.6 Å². The summed E-state index contributed by atoms with van der Waals surface area (Å²) in [5.41, 5.74) is 1.61. The Hall–Kier alpha value is -4.20. The number of rotatable bonds is 5. The van der Waals surface area contributed by atoms with Crippen molar-refractivity contribution in [2.75, 3.05) is 13.2 Å². The van der Waals surface area contributed by atoms with Gasteiger partial charge in [-0.25, -0.2) is 0 Å². The van der Waals surface area contributed by atoms with Crippen LogP contribution in [0.3, 0.4) is 0 Å². The van der Waals surface area contributed by atoms with E-state index >= 15 is 0 Å². The zero-order valence-electron chi connectivity index (χ0n) is 17.0. The zero-order chi connectivity index (χ0) is 22.1. The first-order chi connectivity index (χ1) is 15.6. The van der Waals surface area contributed by atoms with Crippen LogP contribution in [-0.4, -0.2) is 46.9 Å². The molecule has 32 heavy (non-hydrogen) atoms. The minimum Gasteiger partial charge on any atom is -0.486 e. The number of imide groups is 1. The van der Waals surface area contributed by atoms with Gasteiger partial charge in [0.25, 0.3) is 17.7 Å². The van der Waals surface area contributed by atoms with Crippen LogP contribution in [-0.2, 0) is 6.54 Å². The number of carbonyl (C=O) groups is 3. The smallest absolute Gasteiger partial charge is 0.261 e. The Balaban J connectivity index is 1.25. The number of amides is 3. The minimum absolute atomic E-state index is 0.150. The van der Waals surface area contributed by atoms with Crippen molar-refractivity contribution in [3.05, 3.63) is 89.2 Å². The Morgan fingerprint density at radius 3 is 2.56 bits per heavy atom. The molecule has 2 aliphatic heterocycles. The second-order valence-electron chi connectivity index (χ2n) is 7.52. The number of fused-ring (bicyclic) bond motifs is 2. The van der Waals surface area contributed by atoms with Crippen LogP contribution in [0.15, 0.2) is 67.0 Å². The fourth-order valence-electron chi connectivity index (χ4n) is 3.72. The Kier molecular flexibility index (Phi) is 5.03. The van der Waals surface area contributed by atoms with Gasteiger partial charge in [-0.1, -0.05) is 12.1 Å². The molecule has 2 aliphatic rings. The molecule has 8 nitrogen and oxygen atoms in total. The first kappa shape index (κ1) is 19.7. The zero-order valence-corrected chi connectivity index (χ0v) is 17.0. The summed E-state index contributed by atoms with van der Waals surface area (Å²) < 4.78 is 11.5. The van der Waals surface area contributed by atoms with Crippen LogP contribution < -0.4 is 14.8 Å². The lowest BCUT2D eigenvalue weighted by Gasteiger charge is -2.26. The van der Waals surface area contributed by atoms with Crippen molar-refractivity contribution in [3.63, 3.8) is 0 Å². The molecule has 0 saturated heterocycles. The molecule has 0 unspecified atom stereocenters. The van der Waals surface area contributed by atoms with Crippen LogP contribution in [0.4, 0.5) is 0 Å². The van der Waals surface area contributed by atoms with E-state index in [2.05, 4.69) is 10.3 Å². The van der Waals surface area contributed by atoms with Crippen LogP contribution in [0, 0.1) is 0 Å². The third-order valence-electron chi connectivity index (χ3n) is 5.38. The topological polar surface area (TPSA) is 97.8 Å². The molecule has 0 fully saturated rings. The summed E-state index contributed by atoms with van der Waals surface area (Å²) in [4.78, 5) is 43.3. The number of benzene rings is 2. The highest BCUT2D eigenvalue weighted by Gasteiger charge is 2.36. The largest absolute Gasteiger partial charge is 0.486 e. The van der Waals surface area contributed by atoms with E-state index in [9.17, 15) is 14.4 Å². The van der Waals surface area contributed by atoms with E-state index in [0.717, 1.165) is 5.56 Å². The van der Waals surface area contributed by atoms with Gasteiger partial charge >= 0.3 is 0 Å². The van der Waals surface area contributed by atoms with Crippen molar-refractivity contribution in [2.24, 2.45) is 0 Å². The monoisotopic (exact) mass is 429 g/mol. The van der Waals surface area contributed by atoms with Gasteiger partial charge in [0.2, 0.25) is 0 Å². The van der Waals surface area contributed by atoms with Crippen LogP contribution in [0.25, 0.3) is 0 Å².